The molecule has 0 amide bonds. The zero-order valence-electron chi connectivity index (χ0n) is 15.1. The van der Waals surface area contributed by atoms with E-state index in [2.05, 4.69) is 62.2 Å². The molecule has 3 heteroatoms. The minimum Gasteiger partial charge on any atom is -0.497 e. The van der Waals surface area contributed by atoms with Gasteiger partial charge in [-0.15, -0.1) is 0 Å². The summed E-state index contributed by atoms with van der Waals surface area (Å²) in [6, 6.07) is 15.7. The van der Waals surface area contributed by atoms with E-state index in [1.807, 2.05) is 6.07 Å². The van der Waals surface area contributed by atoms with Gasteiger partial charge in [-0.05, 0) is 47.4 Å². The molecule has 0 saturated heterocycles. The van der Waals surface area contributed by atoms with Gasteiger partial charge < -0.3 is 10.5 Å². The first-order valence-electron chi connectivity index (χ1n) is 8.73. The van der Waals surface area contributed by atoms with E-state index >= 15 is 0 Å². The molecule has 1 aliphatic rings. The predicted octanol–water partition coefficient (Wildman–Crippen LogP) is 3.90. The number of nitrogens with zero attached hydrogens (tertiary/aromatic N) is 1. The average Bonchev–Trinajstić information content (AvgIpc) is 2.60. The summed E-state index contributed by atoms with van der Waals surface area (Å²) in [6.45, 7) is 6.11. The highest BCUT2D eigenvalue weighted by atomic mass is 16.5. The van der Waals surface area contributed by atoms with Crippen LogP contribution in [0.1, 0.15) is 54.0 Å². The van der Waals surface area contributed by atoms with Gasteiger partial charge in [-0.3, -0.25) is 4.90 Å². The van der Waals surface area contributed by atoms with E-state index in [0.717, 1.165) is 12.3 Å². The summed E-state index contributed by atoms with van der Waals surface area (Å²) in [4.78, 5) is 2.39. The van der Waals surface area contributed by atoms with Gasteiger partial charge in [-0.2, -0.15) is 0 Å². The highest BCUT2D eigenvalue weighted by molar-refractivity contribution is 5.46. The zero-order valence-corrected chi connectivity index (χ0v) is 15.1. The van der Waals surface area contributed by atoms with Gasteiger partial charge in [-0.1, -0.05) is 44.2 Å². The first-order valence-corrected chi connectivity index (χ1v) is 8.73. The maximum Gasteiger partial charge on any atom is 0.119 e. The summed E-state index contributed by atoms with van der Waals surface area (Å²) in [5.41, 5.74) is 11.6. The van der Waals surface area contributed by atoms with Crippen molar-refractivity contribution in [2.75, 3.05) is 27.2 Å². The van der Waals surface area contributed by atoms with Crippen LogP contribution in [-0.2, 0) is 0 Å². The number of likely N-dealkylation sites (N-methyl/N-ethyl adjacent to an activating group) is 1. The quantitative estimate of drug-likeness (QED) is 0.927. The second-order valence-electron chi connectivity index (χ2n) is 7.06. The van der Waals surface area contributed by atoms with Gasteiger partial charge in [0.1, 0.15) is 5.75 Å². The lowest BCUT2D eigenvalue weighted by atomic mass is 9.80. The fourth-order valence-corrected chi connectivity index (χ4v) is 3.76. The molecule has 0 saturated carbocycles. The van der Waals surface area contributed by atoms with Crippen LogP contribution in [0.2, 0.25) is 0 Å². The van der Waals surface area contributed by atoms with Crippen LogP contribution in [0.3, 0.4) is 0 Å². The Balaban J connectivity index is 2.10. The Hall–Kier alpha value is -1.84. The molecule has 0 aliphatic carbocycles. The molecule has 128 valence electrons. The SMILES string of the molecule is COc1cccc(C2CN(C)C(CN)c3cc(C(C)C)ccc32)c1. The first kappa shape index (κ1) is 17.0. The molecule has 0 radical (unpaired) electrons. The molecule has 24 heavy (non-hydrogen) atoms. The molecule has 2 aromatic rings. The van der Waals surface area contributed by atoms with E-state index in [1.54, 1.807) is 7.11 Å². The molecule has 0 aromatic heterocycles. The van der Waals surface area contributed by atoms with E-state index in [-0.39, 0.29) is 0 Å². The van der Waals surface area contributed by atoms with Crippen molar-refractivity contribution in [3.8, 4) is 5.75 Å². The average molecular weight is 324 g/mol. The topological polar surface area (TPSA) is 38.5 Å². The zero-order chi connectivity index (χ0) is 17.3. The predicted molar refractivity (Wildman–Crippen MR) is 99.8 cm³/mol. The summed E-state index contributed by atoms with van der Waals surface area (Å²) in [5.74, 6) is 1.79. The highest BCUT2D eigenvalue weighted by Gasteiger charge is 2.31. The molecule has 2 atom stereocenters. The van der Waals surface area contributed by atoms with E-state index in [1.165, 1.54) is 22.3 Å². The Morgan fingerprint density at radius 2 is 1.96 bits per heavy atom. The van der Waals surface area contributed by atoms with Gasteiger partial charge in [0.2, 0.25) is 0 Å². The third-order valence-electron chi connectivity index (χ3n) is 5.23. The van der Waals surface area contributed by atoms with Gasteiger partial charge in [0.15, 0.2) is 0 Å². The van der Waals surface area contributed by atoms with E-state index in [4.69, 9.17) is 10.5 Å². The van der Waals surface area contributed by atoms with Gasteiger partial charge in [0.25, 0.3) is 0 Å². The molecule has 1 aliphatic heterocycles. The lowest BCUT2D eigenvalue weighted by molar-refractivity contribution is 0.223. The molecule has 2 unspecified atom stereocenters. The number of benzene rings is 2. The Labute approximate surface area is 145 Å². The lowest BCUT2D eigenvalue weighted by Crippen LogP contribution is -2.39. The van der Waals surface area contributed by atoms with Crippen molar-refractivity contribution < 1.29 is 4.74 Å². The van der Waals surface area contributed by atoms with Crippen LogP contribution >= 0.6 is 0 Å². The molecular weight excluding hydrogens is 296 g/mol. The van der Waals surface area contributed by atoms with Crippen molar-refractivity contribution in [1.29, 1.82) is 0 Å². The third-order valence-corrected chi connectivity index (χ3v) is 5.23. The molecule has 2 aromatic carbocycles. The van der Waals surface area contributed by atoms with Crippen molar-refractivity contribution in [3.05, 3.63) is 64.7 Å². The third kappa shape index (κ3) is 3.06. The summed E-state index contributed by atoms with van der Waals surface area (Å²) in [5, 5.41) is 0. The van der Waals surface area contributed by atoms with Crippen LogP contribution in [-0.4, -0.2) is 32.1 Å². The fraction of sp³-hybridized carbons (Fsp3) is 0.429. The van der Waals surface area contributed by atoms with Crippen LogP contribution in [0.25, 0.3) is 0 Å². The first-order chi connectivity index (χ1) is 11.5. The molecule has 3 nitrogen and oxygen atoms in total. The van der Waals surface area contributed by atoms with Crippen LogP contribution in [0, 0.1) is 0 Å². The van der Waals surface area contributed by atoms with Crippen LogP contribution < -0.4 is 10.5 Å². The van der Waals surface area contributed by atoms with Crippen molar-refractivity contribution in [2.45, 2.75) is 31.7 Å². The molecule has 0 fully saturated rings. The number of fused-ring (bicyclic) bond motifs is 1. The molecule has 0 bridgehead atoms. The van der Waals surface area contributed by atoms with Crippen LogP contribution in [0.15, 0.2) is 42.5 Å². The second kappa shape index (κ2) is 6.96. The van der Waals surface area contributed by atoms with Crippen molar-refractivity contribution >= 4 is 0 Å². The minimum atomic E-state index is 0.292. The monoisotopic (exact) mass is 324 g/mol. The number of nitrogens with two attached hydrogens (primary N) is 1. The molecule has 3 rings (SSSR count). The second-order valence-corrected chi connectivity index (χ2v) is 7.06. The number of hydrogen-bond acceptors (Lipinski definition) is 3. The highest BCUT2D eigenvalue weighted by Crippen LogP contribution is 2.40. The summed E-state index contributed by atoms with van der Waals surface area (Å²) < 4.78 is 5.42. The minimum absolute atomic E-state index is 0.292. The summed E-state index contributed by atoms with van der Waals surface area (Å²) in [7, 11) is 3.90. The van der Waals surface area contributed by atoms with Gasteiger partial charge in [0.05, 0.1) is 7.11 Å². The number of hydrogen-bond donors (Lipinski definition) is 1. The Kier molecular flexibility index (Phi) is 4.93. The molecule has 1 heterocycles. The van der Waals surface area contributed by atoms with Gasteiger partial charge in [0, 0.05) is 25.0 Å². The smallest absolute Gasteiger partial charge is 0.119 e. The van der Waals surface area contributed by atoms with E-state index < -0.39 is 0 Å². The van der Waals surface area contributed by atoms with Crippen LogP contribution in [0.5, 0.6) is 5.75 Å². The van der Waals surface area contributed by atoms with Crippen molar-refractivity contribution in [1.82, 2.24) is 4.90 Å². The van der Waals surface area contributed by atoms with Crippen molar-refractivity contribution in [3.63, 3.8) is 0 Å². The molecule has 0 spiro atoms. The van der Waals surface area contributed by atoms with Gasteiger partial charge >= 0.3 is 0 Å². The standard InChI is InChI=1S/C21H28N2O/c1-14(2)15-8-9-18-19(11-15)21(12-22)23(3)13-20(18)16-6-5-7-17(10-16)24-4/h5-11,14,20-21H,12-13,22H2,1-4H3. The Bertz CT molecular complexity index is 711. The van der Waals surface area contributed by atoms with E-state index in [9.17, 15) is 0 Å². The Morgan fingerprint density at radius 1 is 1.17 bits per heavy atom. The van der Waals surface area contributed by atoms with Crippen molar-refractivity contribution in [2.24, 2.45) is 5.73 Å². The largest absolute Gasteiger partial charge is 0.497 e. The normalized spacial score (nSPS) is 20.9. The summed E-state index contributed by atoms with van der Waals surface area (Å²) in [6.07, 6.45) is 0. The van der Waals surface area contributed by atoms with Gasteiger partial charge in [-0.25, -0.2) is 0 Å². The number of ether oxygens (including phenoxy) is 1. The number of methoxy groups -OCH3 is 1. The number of rotatable bonds is 4. The maximum atomic E-state index is 6.10. The lowest BCUT2D eigenvalue weighted by Gasteiger charge is -2.39. The Morgan fingerprint density at radius 3 is 2.62 bits per heavy atom. The van der Waals surface area contributed by atoms with E-state index in [0.29, 0.717) is 24.4 Å². The summed E-state index contributed by atoms with van der Waals surface area (Å²) >= 11 is 0. The van der Waals surface area contributed by atoms with Crippen LogP contribution in [0.4, 0.5) is 0 Å². The fourth-order valence-electron chi connectivity index (χ4n) is 3.76. The maximum absolute atomic E-state index is 6.10. The molecular formula is C21H28N2O. The molecule has 2 N–H and O–H groups in total.